The Balaban J connectivity index is 1.15. The molecule has 1 saturated carbocycles. The van der Waals surface area contributed by atoms with Crippen LogP contribution >= 0.6 is 0 Å². The number of nitrogens with one attached hydrogen (secondary N) is 1. The van der Waals surface area contributed by atoms with Gasteiger partial charge in [-0.1, -0.05) is 6.07 Å². The molecule has 2 amide bonds. The van der Waals surface area contributed by atoms with Crippen molar-refractivity contribution in [1.82, 2.24) is 29.6 Å². The van der Waals surface area contributed by atoms with Crippen molar-refractivity contribution in [1.29, 1.82) is 0 Å². The first-order chi connectivity index (χ1) is 17.6. The molecule has 10 nitrogen and oxygen atoms in total. The number of rotatable bonds is 4. The summed E-state index contributed by atoms with van der Waals surface area (Å²) in [4.78, 5) is 36.3. The van der Waals surface area contributed by atoms with Gasteiger partial charge in [-0.3, -0.25) is 9.78 Å². The maximum absolute atomic E-state index is 13.0. The number of pyridine rings is 2. The Morgan fingerprint density at radius 1 is 1.00 bits per heavy atom. The number of ether oxygens (including phenoxy) is 1. The van der Waals surface area contributed by atoms with Crippen LogP contribution in [0.1, 0.15) is 66.0 Å². The highest BCUT2D eigenvalue weighted by Gasteiger charge is 2.27. The zero-order valence-electron chi connectivity index (χ0n) is 20.2. The number of fused-ring (bicyclic) bond motifs is 2. The molecule has 1 N–H and O–H groups in total. The summed E-state index contributed by atoms with van der Waals surface area (Å²) < 4.78 is 7.77. The zero-order valence-corrected chi connectivity index (χ0v) is 20.2. The largest absolute Gasteiger partial charge is 0.446 e. The van der Waals surface area contributed by atoms with E-state index >= 15 is 0 Å². The van der Waals surface area contributed by atoms with E-state index in [0.717, 1.165) is 74.3 Å². The highest BCUT2D eigenvalue weighted by atomic mass is 16.6. The lowest BCUT2D eigenvalue weighted by atomic mass is 10.0. The maximum Gasteiger partial charge on any atom is 0.410 e. The molecule has 0 spiro atoms. The van der Waals surface area contributed by atoms with E-state index in [1.807, 2.05) is 12.1 Å². The van der Waals surface area contributed by atoms with Gasteiger partial charge in [-0.15, -0.1) is 10.2 Å². The predicted molar refractivity (Wildman–Crippen MR) is 131 cm³/mol. The number of hydrogen-bond donors (Lipinski definition) is 1. The molecule has 186 valence electrons. The van der Waals surface area contributed by atoms with Crippen LogP contribution in [0.5, 0.6) is 0 Å². The fourth-order valence-electron chi connectivity index (χ4n) is 5.25. The van der Waals surface area contributed by atoms with Crippen LogP contribution in [0.4, 0.5) is 10.6 Å². The Bertz CT molecular complexity index is 1300. The molecule has 2 aliphatic heterocycles. The monoisotopic (exact) mass is 487 g/mol. The molecule has 36 heavy (non-hydrogen) atoms. The first kappa shape index (κ1) is 22.6. The van der Waals surface area contributed by atoms with E-state index < -0.39 is 0 Å². The summed E-state index contributed by atoms with van der Waals surface area (Å²) >= 11 is 0. The minimum atomic E-state index is -0.351. The van der Waals surface area contributed by atoms with E-state index in [4.69, 9.17) is 4.74 Å². The van der Waals surface area contributed by atoms with Gasteiger partial charge in [-0.25, -0.2) is 9.78 Å². The van der Waals surface area contributed by atoms with Crippen LogP contribution in [0.15, 0.2) is 30.5 Å². The van der Waals surface area contributed by atoms with Gasteiger partial charge in [-0.2, -0.15) is 0 Å². The Kier molecular flexibility index (Phi) is 6.08. The lowest BCUT2D eigenvalue weighted by molar-refractivity contribution is 0.0618. The second-order valence-electron chi connectivity index (χ2n) is 9.71. The summed E-state index contributed by atoms with van der Waals surface area (Å²) in [6, 6.07) is 7.22. The summed E-state index contributed by atoms with van der Waals surface area (Å²) in [5, 5.41) is 11.5. The number of anilines is 1. The van der Waals surface area contributed by atoms with Crippen molar-refractivity contribution in [2.45, 2.75) is 70.6 Å². The number of aryl methyl sites for hydroxylation is 1. The van der Waals surface area contributed by atoms with Gasteiger partial charge >= 0.3 is 6.09 Å². The minimum absolute atomic E-state index is 0.0317. The van der Waals surface area contributed by atoms with Crippen molar-refractivity contribution in [3.63, 3.8) is 0 Å². The van der Waals surface area contributed by atoms with Crippen LogP contribution < -0.4 is 5.32 Å². The van der Waals surface area contributed by atoms with Gasteiger partial charge in [0, 0.05) is 32.3 Å². The van der Waals surface area contributed by atoms with E-state index in [2.05, 4.69) is 30.0 Å². The molecule has 1 aliphatic carbocycles. The van der Waals surface area contributed by atoms with Gasteiger partial charge in [0.05, 0.1) is 0 Å². The molecule has 6 rings (SSSR count). The first-order valence-corrected chi connectivity index (χ1v) is 12.8. The third-order valence-electron chi connectivity index (χ3n) is 7.23. The Hall–Kier alpha value is -3.82. The maximum atomic E-state index is 13.0. The van der Waals surface area contributed by atoms with Gasteiger partial charge < -0.3 is 19.5 Å². The molecule has 3 aromatic rings. The SMILES string of the molecule is O=C(Nc1cccc(-c2nnc3n2CCCC3)n1)c1cc2c(cn1)CCN(C(=O)OC1CCCC1)C2. The van der Waals surface area contributed by atoms with Crippen LogP contribution in [0.2, 0.25) is 0 Å². The molecule has 0 aromatic carbocycles. The van der Waals surface area contributed by atoms with Crippen molar-refractivity contribution in [3.05, 3.63) is 53.1 Å². The second kappa shape index (κ2) is 9.67. The molecule has 3 aromatic heterocycles. The Labute approximate surface area is 209 Å². The van der Waals surface area contributed by atoms with E-state index in [9.17, 15) is 9.59 Å². The van der Waals surface area contributed by atoms with Gasteiger partial charge in [0.2, 0.25) is 0 Å². The summed E-state index contributed by atoms with van der Waals surface area (Å²) in [6.45, 7) is 1.88. The smallest absolute Gasteiger partial charge is 0.410 e. The van der Waals surface area contributed by atoms with Gasteiger partial charge in [0.15, 0.2) is 5.82 Å². The average Bonchev–Trinajstić information content (AvgIpc) is 3.58. The summed E-state index contributed by atoms with van der Waals surface area (Å²) in [7, 11) is 0. The van der Waals surface area contributed by atoms with E-state index in [-0.39, 0.29) is 23.8 Å². The number of carbonyl (C=O) groups excluding carboxylic acids is 2. The molecule has 3 aliphatic rings. The Morgan fingerprint density at radius 2 is 1.89 bits per heavy atom. The summed E-state index contributed by atoms with van der Waals surface area (Å²) in [5.41, 5.74) is 2.92. The van der Waals surface area contributed by atoms with Crippen molar-refractivity contribution >= 4 is 17.8 Å². The van der Waals surface area contributed by atoms with Crippen molar-refractivity contribution in [2.24, 2.45) is 0 Å². The fourth-order valence-corrected chi connectivity index (χ4v) is 5.25. The molecule has 0 bridgehead atoms. The molecular weight excluding hydrogens is 458 g/mol. The average molecular weight is 488 g/mol. The molecule has 10 heteroatoms. The quantitative estimate of drug-likeness (QED) is 0.596. The zero-order chi connectivity index (χ0) is 24.5. The molecular formula is C26H29N7O3. The molecule has 0 saturated heterocycles. The number of aromatic nitrogens is 5. The third-order valence-corrected chi connectivity index (χ3v) is 7.23. The van der Waals surface area contributed by atoms with Crippen molar-refractivity contribution in [2.75, 3.05) is 11.9 Å². The lowest BCUT2D eigenvalue weighted by Crippen LogP contribution is -2.38. The third kappa shape index (κ3) is 4.55. The standard InChI is InChI=1S/C26H29N7O3/c34-25(29-22-9-5-8-20(28-22)24-31-30-23-10-3-4-12-33(23)24)21-14-18-16-32(13-11-17(18)15-27-21)26(35)36-19-6-1-2-7-19/h5,8-9,14-15,19H,1-4,6-7,10-13,16H2,(H,28,29,34). The molecule has 0 atom stereocenters. The predicted octanol–water partition coefficient (Wildman–Crippen LogP) is 3.76. The molecule has 5 heterocycles. The Morgan fingerprint density at radius 3 is 2.78 bits per heavy atom. The van der Waals surface area contributed by atoms with E-state index in [1.165, 1.54) is 0 Å². The first-order valence-electron chi connectivity index (χ1n) is 12.8. The van der Waals surface area contributed by atoms with Gasteiger partial charge in [0.25, 0.3) is 5.91 Å². The van der Waals surface area contributed by atoms with E-state index in [1.54, 1.807) is 23.2 Å². The number of amides is 2. The van der Waals surface area contributed by atoms with Crippen molar-refractivity contribution in [3.8, 4) is 11.5 Å². The van der Waals surface area contributed by atoms with Gasteiger partial charge in [0.1, 0.15) is 29.1 Å². The summed E-state index contributed by atoms with van der Waals surface area (Å²) in [6.07, 6.45) is 9.43. The molecule has 0 unspecified atom stereocenters. The summed E-state index contributed by atoms with van der Waals surface area (Å²) in [5.74, 6) is 1.77. The topological polar surface area (TPSA) is 115 Å². The van der Waals surface area contributed by atoms with E-state index in [0.29, 0.717) is 31.0 Å². The molecule has 0 radical (unpaired) electrons. The van der Waals surface area contributed by atoms with Crippen molar-refractivity contribution < 1.29 is 14.3 Å². The highest BCUT2D eigenvalue weighted by Crippen LogP contribution is 2.25. The minimum Gasteiger partial charge on any atom is -0.446 e. The molecule has 1 fully saturated rings. The van der Waals surface area contributed by atoms with Crippen LogP contribution in [0.25, 0.3) is 11.5 Å². The fraction of sp³-hybridized carbons (Fsp3) is 0.462. The number of carbonyl (C=O) groups is 2. The van der Waals surface area contributed by atoms with Crippen LogP contribution in [-0.4, -0.2) is 54.3 Å². The highest BCUT2D eigenvalue weighted by molar-refractivity contribution is 6.02. The normalized spacial score (nSPS) is 17.4. The van der Waals surface area contributed by atoms with Gasteiger partial charge in [-0.05, 0) is 74.3 Å². The van der Waals surface area contributed by atoms with Crippen LogP contribution in [0, 0.1) is 0 Å². The van der Waals surface area contributed by atoms with Crippen LogP contribution in [0.3, 0.4) is 0 Å². The number of hydrogen-bond acceptors (Lipinski definition) is 7. The lowest BCUT2D eigenvalue weighted by Gasteiger charge is -2.29. The number of nitrogens with zero attached hydrogens (tertiary/aromatic N) is 6. The second-order valence-corrected chi connectivity index (χ2v) is 9.71. The van der Waals surface area contributed by atoms with Crippen LogP contribution in [-0.2, 0) is 30.7 Å².